The van der Waals surface area contributed by atoms with Gasteiger partial charge in [-0.25, -0.2) is 4.68 Å². The van der Waals surface area contributed by atoms with Crippen molar-refractivity contribution in [1.29, 1.82) is 0 Å². The van der Waals surface area contributed by atoms with Gasteiger partial charge < -0.3 is 15.3 Å². The molecule has 7 heteroatoms. The number of benzene rings is 2. The number of hydrogen-bond acceptors (Lipinski definition) is 4. The molecule has 2 aromatic carbocycles. The molecule has 0 aliphatic carbocycles. The summed E-state index contributed by atoms with van der Waals surface area (Å²) in [7, 11) is 0. The Bertz CT molecular complexity index is 882. The molecule has 0 aliphatic rings. The SMILES string of the molecule is O=C(CN(CCO)c1ccccc1)Nc1ccnn1Cc1ccccc1Cl. The van der Waals surface area contributed by atoms with Crippen LogP contribution in [0.25, 0.3) is 0 Å². The molecule has 3 aromatic rings. The third kappa shape index (κ3) is 5.09. The van der Waals surface area contributed by atoms with Gasteiger partial charge in [0, 0.05) is 23.3 Å². The zero-order valence-electron chi connectivity index (χ0n) is 14.8. The lowest BCUT2D eigenvalue weighted by molar-refractivity contribution is -0.115. The predicted molar refractivity (Wildman–Crippen MR) is 107 cm³/mol. The van der Waals surface area contributed by atoms with Crippen molar-refractivity contribution in [2.24, 2.45) is 0 Å². The minimum absolute atomic E-state index is 0.0351. The summed E-state index contributed by atoms with van der Waals surface area (Å²) in [6, 6.07) is 18.8. The van der Waals surface area contributed by atoms with Crippen molar-refractivity contribution in [3.63, 3.8) is 0 Å². The highest BCUT2D eigenvalue weighted by atomic mass is 35.5. The smallest absolute Gasteiger partial charge is 0.245 e. The maximum Gasteiger partial charge on any atom is 0.245 e. The lowest BCUT2D eigenvalue weighted by atomic mass is 10.2. The number of aromatic nitrogens is 2. The summed E-state index contributed by atoms with van der Waals surface area (Å²) in [5, 5.41) is 17.1. The van der Waals surface area contributed by atoms with Crippen molar-refractivity contribution in [3.05, 3.63) is 77.4 Å². The van der Waals surface area contributed by atoms with E-state index in [-0.39, 0.29) is 19.1 Å². The molecule has 0 bridgehead atoms. The standard InChI is InChI=1S/C20H21ClN4O2/c21-18-9-5-4-6-16(18)14-25-19(10-11-22-25)23-20(27)15-24(12-13-26)17-7-2-1-3-8-17/h1-11,26H,12-15H2,(H,23,27). The second-order valence-corrected chi connectivity index (χ2v) is 6.40. The maximum atomic E-state index is 12.5. The summed E-state index contributed by atoms with van der Waals surface area (Å²) in [5.41, 5.74) is 1.80. The molecule has 1 aromatic heterocycles. The Balaban J connectivity index is 1.68. The van der Waals surface area contributed by atoms with Crippen LogP contribution >= 0.6 is 11.6 Å². The summed E-state index contributed by atoms with van der Waals surface area (Å²) in [6.07, 6.45) is 1.63. The number of aliphatic hydroxyl groups is 1. The van der Waals surface area contributed by atoms with Crippen LogP contribution in [0.5, 0.6) is 0 Å². The molecule has 0 unspecified atom stereocenters. The second-order valence-electron chi connectivity index (χ2n) is 5.99. The van der Waals surface area contributed by atoms with Gasteiger partial charge >= 0.3 is 0 Å². The van der Waals surface area contributed by atoms with Crippen molar-refractivity contribution >= 4 is 29.0 Å². The van der Waals surface area contributed by atoms with Crippen LogP contribution < -0.4 is 10.2 Å². The van der Waals surface area contributed by atoms with Crippen LogP contribution in [0, 0.1) is 0 Å². The van der Waals surface area contributed by atoms with Crippen molar-refractivity contribution in [2.45, 2.75) is 6.54 Å². The van der Waals surface area contributed by atoms with Crippen LogP contribution in [0.3, 0.4) is 0 Å². The highest BCUT2D eigenvalue weighted by Gasteiger charge is 2.13. The number of hydrogen-bond donors (Lipinski definition) is 2. The number of rotatable bonds is 8. The fourth-order valence-corrected chi connectivity index (χ4v) is 2.96. The Hall–Kier alpha value is -2.83. The van der Waals surface area contributed by atoms with E-state index in [0.29, 0.717) is 23.9 Å². The van der Waals surface area contributed by atoms with Gasteiger partial charge in [-0.1, -0.05) is 48.0 Å². The number of amides is 1. The normalized spacial score (nSPS) is 10.6. The summed E-state index contributed by atoms with van der Waals surface area (Å²) < 4.78 is 1.69. The monoisotopic (exact) mass is 384 g/mol. The number of nitrogens with zero attached hydrogens (tertiary/aromatic N) is 3. The van der Waals surface area contributed by atoms with Crippen molar-refractivity contribution in [2.75, 3.05) is 29.9 Å². The molecule has 0 aliphatic heterocycles. The lowest BCUT2D eigenvalue weighted by Gasteiger charge is -2.23. The van der Waals surface area contributed by atoms with Gasteiger partial charge in [0.05, 0.1) is 25.9 Å². The van der Waals surface area contributed by atoms with Crippen LogP contribution in [0.4, 0.5) is 11.5 Å². The molecule has 1 heterocycles. The Kier molecular flexibility index (Phi) is 6.46. The molecule has 2 N–H and O–H groups in total. The van der Waals surface area contributed by atoms with E-state index >= 15 is 0 Å². The Morgan fingerprint density at radius 1 is 1.11 bits per heavy atom. The fraction of sp³-hybridized carbons (Fsp3) is 0.200. The average Bonchev–Trinajstić information content (AvgIpc) is 3.10. The van der Waals surface area contributed by atoms with Gasteiger partial charge in [0.25, 0.3) is 0 Å². The van der Waals surface area contributed by atoms with Crippen molar-refractivity contribution in [1.82, 2.24) is 9.78 Å². The number of para-hydroxylation sites is 1. The average molecular weight is 385 g/mol. The Labute approximate surface area is 163 Å². The fourth-order valence-electron chi connectivity index (χ4n) is 2.77. The van der Waals surface area contributed by atoms with Crippen LogP contribution in [0.15, 0.2) is 66.9 Å². The molecule has 27 heavy (non-hydrogen) atoms. The van der Waals surface area contributed by atoms with E-state index in [9.17, 15) is 9.90 Å². The summed E-state index contributed by atoms with van der Waals surface area (Å²) in [6.45, 7) is 0.923. The first kappa shape index (κ1) is 18.9. The van der Waals surface area contributed by atoms with E-state index in [0.717, 1.165) is 11.3 Å². The number of anilines is 2. The van der Waals surface area contributed by atoms with Crippen molar-refractivity contribution < 1.29 is 9.90 Å². The highest BCUT2D eigenvalue weighted by molar-refractivity contribution is 6.31. The number of nitrogens with one attached hydrogen (secondary N) is 1. The van der Waals surface area contributed by atoms with Crippen LogP contribution in [-0.2, 0) is 11.3 Å². The van der Waals surface area contributed by atoms with Gasteiger partial charge in [0.2, 0.25) is 5.91 Å². The minimum Gasteiger partial charge on any atom is -0.395 e. The molecule has 6 nitrogen and oxygen atoms in total. The topological polar surface area (TPSA) is 70.4 Å². The van der Waals surface area contributed by atoms with E-state index in [1.165, 1.54) is 0 Å². The first-order chi connectivity index (χ1) is 13.2. The molecule has 0 spiro atoms. The number of aliphatic hydroxyl groups excluding tert-OH is 1. The van der Waals surface area contributed by atoms with Crippen LogP contribution in [-0.4, -0.2) is 40.5 Å². The minimum atomic E-state index is -0.187. The quantitative estimate of drug-likeness (QED) is 0.626. The van der Waals surface area contributed by atoms with E-state index in [1.807, 2.05) is 59.5 Å². The zero-order chi connectivity index (χ0) is 19.1. The summed E-state index contributed by atoms with van der Waals surface area (Å²) in [5.74, 6) is 0.408. The Morgan fingerprint density at radius 3 is 2.59 bits per heavy atom. The van der Waals surface area contributed by atoms with E-state index < -0.39 is 0 Å². The number of carbonyl (C=O) groups excluding carboxylic acids is 1. The van der Waals surface area contributed by atoms with Gasteiger partial charge in [-0.05, 0) is 23.8 Å². The van der Waals surface area contributed by atoms with E-state index in [1.54, 1.807) is 16.9 Å². The van der Waals surface area contributed by atoms with Gasteiger partial charge in [-0.15, -0.1) is 0 Å². The maximum absolute atomic E-state index is 12.5. The van der Waals surface area contributed by atoms with Gasteiger partial charge in [-0.2, -0.15) is 5.10 Å². The zero-order valence-corrected chi connectivity index (χ0v) is 15.5. The molecule has 1 amide bonds. The largest absolute Gasteiger partial charge is 0.395 e. The predicted octanol–water partition coefficient (Wildman–Crippen LogP) is 3.02. The molecule has 0 saturated heterocycles. The molecular formula is C20H21ClN4O2. The van der Waals surface area contributed by atoms with Gasteiger partial charge in [-0.3, -0.25) is 4.79 Å². The molecule has 0 fully saturated rings. The van der Waals surface area contributed by atoms with Gasteiger partial charge in [0.1, 0.15) is 5.82 Å². The third-order valence-corrected chi connectivity index (χ3v) is 4.46. The molecule has 0 saturated carbocycles. The van der Waals surface area contributed by atoms with Crippen LogP contribution in [0.2, 0.25) is 5.02 Å². The summed E-state index contributed by atoms with van der Waals surface area (Å²) >= 11 is 6.21. The van der Waals surface area contributed by atoms with Crippen molar-refractivity contribution in [3.8, 4) is 0 Å². The second kappa shape index (κ2) is 9.21. The van der Waals surface area contributed by atoms with E-state index in [4.69, 9.17) is 11.6 Å². The molecule has 0 atom stereocenters. The first-order valence-corrected chi connectivity index (χ1v) is 9.01. The number of carbonyl (C=O) groups is 1. The van der Waals surface area contributed by atoms with E-state index in [2.05, 4.69) is 10.4 Å². The first-order valence-electron chi connectivity index (χ1n) is 8.63. The number of halogens is 1. The Morgan fingerprint density at radius 2 is 1.85 bits per heavy atom. The summed E-state index contributed by atoms with van der Waals surface area (Å²) in [4.78, 5) is 14.4. The van der Waals surface area contributed by atoms with Crippen LogP contribution in [0.1, 0.15) is 5.56 Å². The molecule has 3 rings (SSSR count). The molecule has 140 valence electrons. The highest BCUT2D eigenvalue weighted by Crippen LogP contribution is 2.18. The van der Waals surface area contributed by atoms with Gasteiger partial charge in [0.15, 0.2) is 0 Å². The molecular weight excluding hydrogens is 364 g/mol. The third-order valence-electron chi connectivity index (χ3n) is 4.09. The molecule has 0 radical (unpaired) electrons. The lowest BCUT2D eigenvalue weighted by Crippen LogP contribution is -2.35.